The van der Waals surface area contributed by atoms with Gasteiger partial charge in [-0.05, 0) is 18.7 Å². The fraction of sp³-hybridized carbons (Fsp3) is 0.800. The molecule has 1 N–H and O–H groups in total. The standard InChI is InChI=1S/C10H19N3S2/c1-8(2)6-11-5-4-9-12-13-10(15-9)7-14-3/h8,11H,4-7H2,1-3H3. The zero-order valence-corrected chi connectivity index (χ0v) is 11.2. The highest BCUT2D eigenvalue weighted by Crippen LogP contribution is 2.14. The van der Waals surface area contributed by atoms with Crippen molar-refractivity contribution in [3.63, 3.8) is 0 Å². The fourth-order valence-corrected chi connectivity index (χ4v) is 2.69. The van der Waals surface area contributed by atoms with Crippen molar-refractivity contribution < 1.29 is 0 Å². The van der Waals surface area contributed by atoms with Gasteiger partial charge >= 0.3 is 0 Å². The number of thioether (sulfide) groups is 1. The average Bonchev–Trinajstić information content (AvgIpc) is 2.61. The summed E-state index contributed by atoms with van der Waals surface area (Å²) in [4.78, 5) is 0. The Balaban J connectivity index is 2.19. The van der Waals surface area contributed by atoms with E-state index in [-0.39, 0.29) is 0 Å². The lowest BCUT2D eigenvalue weighted by Crippen LogP contribution is -2.22. The molecule has 1 aromatic rings. The van der Waals surface area contributed by atoms with Gasteiger partial charge in [0.2, 0.25) is 0 Å². The van der Waals surface area contributed by atoms with E-state index in [4.69, 9.17) is 0 Å². The van der Waals surface area contributed by atoms with Crippen LogP contribution in [0.4, 0.5) is 0 Å². The number of aromatic nitrogens is 2. The SMILES string of the molecule is CSCc1nnc(CCNCC(C)C)s1. The van der Waals surface area contributed by atoms with Crippen LogP contribution in [0.25, 0.3) is 0 Å². The van der Waals surface area contributed by atoms with E-state index in [1.807, 2.05) is 0 Å². The zero-order chi connectivity index (χ0) is 11.1. The Labute approximate surface area is 100 Å². The van der Waals surface area contributed by atoms with Gasteiger partial charge in [-0.1, -0.05) is 13.8 Å². The molecule has 0 aromatic carbocycles. The molecule has 15 heavy (non-hydrogen) atoms. The van der Waals surface area contributed by atoms with Crippen LogP contribution in [0.2, 0.25) is 0 Å². The molecule has 86 valence electrons. The minimum absolute atomic E-state index is 0.714. The summed E-state index contributed by atoms with van der Waals surface area (Å²) in [5.41, 5.74) is 0. The molecule has 0 aliphatic carbocycles. The highest BCUT2D eigenvalue weighted by Gasteiger charge is 2.03. The maximum atomic E-state index is 4.17. The maximum absolute atomic E-state index is 4.17. The van der Waals surface area contributed by atoms with Crippen LogP contribution in [0, 0.1) is 5.92 Å². The molecule has 0 amide bonds. The highest BCUT2D eigenvalue weighted by molar-refractivity contribution is 7.97. The first-order chi connectivity index (χ1) is 7.22. The number of rotatable bonds is 7. The second-order valence-electron chi connectivity index (χ2n) is 3.87. The van der Waals surface area contributed by atoms with Crippen molar-refractivity contribution in [1.29, 1.82) is 0 Å². The van der Waals surface area contributed by atoms with Crippen LogP contribution in [-0.2, 0) is 12.2 Å². The summed E-state index contributed by atoms with van der Waals surface area (Å²) in [6.07, 6.45) is 3.09. The monoisotopic (exact) mass is 245 g/mol. The van der Waals surface area contributed by atoms with Crippen molar-refractivity contribution >= 4 is 23.1 Å². The van der Waals surface area contributed by atoms with E-state index < -0.39 is 0 Å². The van der Waals surface area contributed by atoms with Crippen LogP contribution >= 0.6 is 23.1 Å². The normalized spacial score (nSPS) is 11.2. The van der Waals surface area contributed by atoms with Gasteiger partial charge in [0.1, 0.15) is 10.0 Å². The summed E-state index contributed by atoms with van der Waals surface area (Å²) >= 11 is 3.53. The molecule has 0 spiro atoms. The summed E-state index contributed by atoms with van der Waals surface area (Å²) in [6.45, 7) is 6.52. The van der Waals surface area contributed by atoms with Crippen molar-refractivity contribution in [2.75, 3.05) is 19.3 Å². The second-order valence-corrected chi connectivity index (χ2v) is 5.88. The van der Waals surface area contributed by atoms with Crippen molar-refractivity contribution in [3.8, 4) is 0 Å². The number of nitrogens with zero attached hydrogens (tertiary/aromatic N) is 2. The third-order valence-corrected chi connectivity index (χ3v) is 3.57. The first-order valence-electron chi connectivity index (χ1n) is 5.23. The Kier molecular flexibility index (Phi) is 6.20. The summed E-state index contributed by atoms with van der Waals surface area (Å²) in [5.74, 6) is 1.70. The Morgan fingerprint density at radius 2 is 2.07 bits per heavy atom. The number of hydrogen-bond acceptors (Lipinski definition) is 5. The minimum atomic E-state index is 0.714. The predicted molar refractivity (Wildman–Crippen MR) is 68.5 cm³/mol. The lowest BCUT2D eigenvalue weighted by Gasteiger charge is -2.04. The average molecular weight is 245 g/mol. The van der Waals surface area contributed by atoms with Gasteiger partial charge < -0.3 is 5.32 Å². The third-order valence-electron chi connectivity index (χ3n) is 1.84. The van der Waals surface area contributed by atoms with Gasteiger partial charge in [0.05, 0.1) is 0 Å². The maximum Gasteiger partial charge on any atom is 0.127 e. The van der Waals surface area contributed by atoms with E-state index >= 15 is 0 Å². The van der Waals surface area contributed by atoms with Crippen LogP contribution in [-0.4, -0.2) is 29.5 Å². The molecule has 0 atom stereocenters. The molecule has 5 heteroatoms. The Morgan fingerprint density at radius 1 is 1.33 bits per heavy atom. The molecule has 1 heterocycles. The van der Waals surface area contributed by atoms with Gasteiger partial charge in [-0.3, -0.25) is 0 Å². The van der Waals surface area contributed by atoms with Gasteiger partial charge in [0.15, 0.2) is 0 Å². The van der Waals surface area contributed by atoms with Gasteiger partial charge in [0.25, 0.3) is 0 Å². The summed E-state index contributed by atoms with van der Waals surface area (Å²) in [5, 5.41) is 14.0. The molecule has 0 radical (unpaired) electrons. The summed E-state index contributed by atoms with van der Waals surface area (Å²) in [7, 11) is 0. The van der Waals surface area contributed by atoms with Crippen molar-refractivity contribution in [2.24, 2.45) is 5.92 Å². The second kappa shape index (κ2) is 7.19. The van der Waals surface area contributed by atoms with Gasteiger partial charge in [0, 0.05) is 18.7 Å². The zero-order valence-electron chi connectivity index (χ0n) is 9.62. The Bertz CT molecular complexity index is 273. The number of nitrogens with one attached hydrogen (secondary N) is 1. The quantitative estimate of drug-likeness (QED) is 0.747. The fourth-order valence-electron chi connectivity index (χ4n) is 1.16. The Morgan fingerprint density at radius 3 is 2.73 bits per heavy atom. The van der Waals surface area contributed by atoms with Crippen molar-refractivity contribution in [3.05, 3.63) is 10.0 Å². The smallest absolute Gasteiger partial charge is 0.127 e. The van der Waals surface area contributed by atoms with Crippen molar-refractivity contribution in [1.82, 2.24) is 15.5 Å². The molecule has 0 aliphatic rings. The predicted octanol–water partition coefficient (Wildman–Crippen LogP) is 2.19. The lowest BCUT2D eigenvalue weighted by atomic mass is 10.2. The highest BCUT2D eigenvalue weighted by atomic mass is 32.2. The summed E-state index contributed by atoms with van der Waals surface area (Å²) < 4.78 is 0. The number of hydrogen-bond donors (Lipinski definition) is 1. The molecular formula is C10H19N3S2. The van der Waals surface area contributed by atoms with Gasteiger partial charge in [-0.25, -0.2) is 0 Å². The van der Waals surface area contributed by atoms with Crippen LogP contribution in [0.3, 0.4) is 0 Å². The molecule has 3 nitrogen and oxygen atoms in total. The van der Waals surface area contributed by atoms with Gasteiger partial charge in [-0.2, -0.15) is 11.8 Å². The molecule has 1 rings (SSSR count). The largest absolute Gasteiger partial charge is 0.316 e. The third kappa shape index (κ3) is 5.49. The van der Waals surface area contributed by atoms with E-state index in [1.54, 1.807) is 23.1 Å². The van der Waals surface area contributed by atoms with E-state index in [2.05, 4.69) is 35.6 Å². The topological polar surface area (TPSA) is 37.8 Å². The van der Waals surface area contributed by atoms with Crippen LogP contribution in [0.1, 0.15) is 23.9 Å². The Hall–Kier alpha value is -0.130. The van der Waals surface area contributed by atoms with Gasteiger partial charge in [-0.15, -0.1) is 21.5 Å². The molecule has 0 aliphatic heterocycles. The minimum Gasteiger partial charge on any atom is -0.316 e. The first kappa shape index (κ1) is 12.9. The molecule has 0 bridgehead atoms. The van der Waals surface area contributed by atoms with E-state index in [1.165, 1.54) is 0 Å². The van der Waals surface area contributed by atoms with Crippen LogP contribution in [0.5, 0.6) is 0 Å². The van der Waals surface area contributed by atoms with E-state index in [0.717, 1.165) is 35.3 Å². The lowest BCUT2D eigenvalue weighted by molar-refractivity contribution is 0.553. The molecule has 1 aromatic heterocycles. The summed E-state index contributed by atoms with van der Waals surface area (Å²) in [6, 6.07) is 0. The molecule has 0 unspecified atom stereocenters. The van der Waals surface area contributed by atoms with Crippen LogP contribution in [0.15, 0.2) is 0 Å². The van der Waals surface area contributed by atoms with E-state index in [9.17, 15) is 0 Å². The molecule has 0 saturated carbocycles. The van der Waals surface area contributed by atoms with Crippen LogP contribution < -0.4 is 5.32 Å². The van der Waals surface area contributed by atoms with E-state index in [0.29, 0.717) is 5.92 Å². The first-order valence-corrected chi connectivity index (χ1v) is 7.44. The molecule has 0 fully saturated rings. The molecule has 0 saturated heterocycles. The van der Waals surface area contributed by atoms with Crippen molar-refractivity contribution in [2.45, 2.75) is 26.0 Å². The molecular weight excluding hydrogens is 226 g/mol.